The Hall–Kier alpha value is -1.91. The average molecular weight is 314 g/mol. The maximum absolute atomic E-state index is 14.1. The molecular weight excluding hydrogens is 299 g/mol. The highest BCUT2D eigenvalue weighted by molar-refractivity contribution is 5.75. The van der Waals surface area contributed by atoms with Crippen molar-refractivity contribution in [3.8, 4) is 11.1 Å². The van der Waals surface area contributed by atoms with Gasteiger partial charge in [-0.1, -0.05) is 0 Å². The van der Waals surface area contributed by atoms with Gasteiger partial charge in [0, 0.05) is 0 Å². The minimum atomic E-state index is -2.14. The van der Waals surface area contributed by atoms with Gasteiger partial charge in [-0.2, -0.15) is 0 Å². The van der Waals surface area contributed by atoms with Crippen LogP contribution in [0.25, 0.3) is 11.1 Å². The summed E-state index contributed by atoms with van der Waals surface area (Å²) in [6.45, 7) is 8.59. The summed E-state index contributed by atoms with van der Waals surface area (Å²) >= 11 is 0. The van der Waals surface area contributed by atoms with E-state index in [1.165, 1.54) is 0 Å². The third kappa shape index (κ3) is 2.11. The van der Waals surface area contributed by atoms with E-state index in [2.05, 4.69) is 0 Å². The second-order valence-corrected chi connectivity index (χ2v) is 5.44. The molecule has 0 unspecified atom stereocenters. The average Bonchev–Trinajstić information content (AvgIpc) is 2.50. The molecule has 0 bridgehead atoms. The van der Waals surface area contributed by atoms with Crippen LogP contribution >= 0.6 is 0 Å². The molecule has 2 aromatic rings. The minimum absolute atomic E-state index is 0.0633. The number of benzene rings is 2. The molecular formula is C17H15F5. The number of halogens is 5. The topological polar surface area (TPSA) is 0 Å². The largest absolute Gasteiger partial charge is 0.203 e. The van der Waals surface area contributed by atoms with E-state index in [-0.39, 0.29) is 5.56 Å². The van der Waals surface area contributed by atoms with E-state index < -0.39 is 34.6 Å². The quantitative estimate of drug-likeness (QED) is 0.365. The molecule has 0 spiro atoms. The SMILES string of the molecule is Cc1c(C)c(C)c(-c2c(F)c(F)c(F)c(F)c2F)c(C)c1C. The normalized spacial score (nSPS) is 11.2. The lowest BCUT2D eigenvalue weighted by atomic mass is 9.86. The Balaban J connectivity index is 3.03. The van der Waals surface area contributed by atoms with Crippen molar-refractivity contribution in [3.63, 3.8) is 0 Å². The summed E-state index contributed by atoms with van der Waals surface area (Å²) < 4.78 is 68.3. The van der Waals surface area contributed by atoms with Gasteiger partial charge in [0.05, 0.1) is 5.56 Å². The Labute approximate surface area is 125 Å². The maximum Gasteiger partial charge on any atom is 0.200 e. The van der Waals surface area contributed by atoms with Crippen LogP contribution in [0.1, 0.15) is 27.8 Å². The van der Waals surface area contributed by atoms with Crippen molar-refractivity contribution in [1.29, 1.82) is 0 Å². The first-order valence-electron chi connectivity index (χ1n) is 6.69. The molecule has 0 fully saturated rings. The van der Waals surface area contributed by atoms with E-state index in [4.69, 9.17) is 0 Å². The van der Waals surface area contributed by atoms with Gasteiger partial charge < -0.3 is 0 Å². The van der Waals surface area contributed by atoms with Crippen LogP contribution < -0.4 is 0 Å². The van der Waals surface area contributed by atoms with Crippen molar-refractivity contribution in [2.75, 3.05) is 0 Å². The molecule has 0 saturated heterocycles. The van der Waals surface area contributed by atoms with Crippen LogP contribution in [0.4, 0.5) is 22.0 Å². The number of hydrogen-bond acceptors (Lipinski definition) is 0. The summed E-state index contributed by atoms with van der Waals surface area (Å²) in [5.74, 6) is -9.60. The van der Waals surface area contributed by atoms with Gasteiger partial charge in [0.25, 0.3) is 0 Å². The van der Waals surface area contributed by atoms with Crippen LogP contribution in [0, 0.1) is 63.7 Å². The molecule has 0 N–H and O–H groups in total. The van der Waals surface area contributed by atoms with E-state index in [0.29, 0.717) is 11.1 Å². The summed E-state index contributed by atoms with van der Waals surface area (Å²) in [5, 5.41) is 0. The molecule has 0 saturated carbocycles. The summed E-state index contributed by atoms with van der Waals surface area (Å²) in [5.41, 5.74) is 2.67. The predicted molar refractivity (Wildman–Crippen MR) is 75.4 cm³/mol. The second kappa shape index (κ2) is 5.38. The lowest BCUT2D eigenvalue weighted by molar-refractivity contribution is 0.381. The lowest BCUT2D eigenvalue weighted by Gasteiger charge is -2.20. The molecule has 0 aliphatic rings. The van der Waals surface area contributed by atoms with E-state index >= 15 is 0 Å². The molecule has 22 heavy (non-hydrogen) atoms. The van der Waals surface area contributed by atoms with Crippen molar-refractivity contribution in [3.05, 3.63) is 56.9 Å². The van der Waals surface area contributed by atoms with E-state index in [1.807, 2.05) is 6.92 Å². The first-order chi connectivity index (χ1) is 10.1. The maximum atomic E-state index is 14.1. The molecule has 0 heterocycles. The van der Waals surface area contributed by atoms with Gasteiger partial charge in [0.1, 0.15) is 0 Å². The standard InChI is InChI=1S/C17H15F5/c1-6-7(2)9(4)11(10(5)8(6)3)12-13(18)15(20)17(22)16(21)14(12)19/h1-5H3. The fraction of sp³-hybridized carbons (Fsp3) is 0.294. The Morgan fingerprint density at radius 2 is 0.636 bits per heavy atom. The molecule has 0 nitrogen and oxygen atoms in total. The molecule has 118 valence electrons. The monoisotopic (exact) mass is 314 g/mol. The van der Waals surface area contributed by atoms with Gasteiger partial charge in [0.15, 0.2) is 23.3 Å². The van der Waals surface area contributed by atoms with Gasteiger partial charge in [-0.3, -0.25) is 0 Å². The fourth-order valence-electron chi connectivity index (χ4n) is 2.70. The summed E-state index contributed by atoms with van der Waals surface area (Å²) in [4.78, 5) is 0. The predicted octanol–water partition coefficient (Wildman–Crippen LogP) is 5.59. The summed E-state index contributed by atoms with van der Waals surface area (Å²) in [7, 11) is 0. The van der Waals surface area contributed by atoms with Gasteiger partial charge in [-0.05, 0) is 68.0 Å². The Bertz CT molecular complexity index is 665. The Morgan fingerprint density at radius 1 is 0.364 bits per heavy atom. The van der Waals surface area contributed by atoms with E-state index in [9.17, 15) is 22.0 Å². The zero-order valence-corrected chi connectivity index (χ0v) is 12.9. The lowest BCUT2D eigenvalue weighted by Crippen LogP contribution is -2.08. The first kappa shape index (κ1) is 16.5. The van der Waals surface area contributed by atoms with Crippen LogP contribution in [-0.4, -0.2) is 0 Å². The highest BCUT2D eigenvalue weighted by Gasteiger charge is 2.29. The Morgan fingerprint density at radius 3 is 1.00 bits per heavy atom. The van der Waals surface area contributed by atoms with Crippen molar-refractivity contribution in [2.45, 2.75) is 34.6 Å². The summed E-state index contributed by atoms with van der Waals surface area (Å²) in [6, 6.07) is 0. The van der Waals surface area contributed by atoms with Crippen LogP contribution in [0.3, 0.4) is 0 Å². The highest BCUT2D eigenvalue weighted by Crippen LogP contribution is 2.38. The van der Waals surface area contributed by atoms with Crippen LogP contribution in [-0.2, 0) is 0 Å². The minimum Gasteiger partial charge on any atom is -0.203 e. The second-order valence-electron chi connectivity index (χ2n) is 5.44. The molecule has 0 radical (unpaired) electrons. The zero-order valence-electron chi connectivity index (χ0n) is 12.9. The number of hydrogen-bond donors (Lipinski definition) is 0. The molecule has 2 rings (SSSR count). The van der Waals surface area contributed by atoms with Gasteiger partial charge >= 0.3 is 0 Å². The first-order valence-corrected chi connectivity index (χ1v) is 6.69. The number of rotatable bonds is 1. The van der Waals surface area contributed by atoms with E-state index in [0.717, 1.165) is 16.7 Å². The molecule has 2 aromatic carbocycles. The Kier molecular flexibility index (Phi) is 4.02. The molecule has 0 aliphatic heterocycles. The zero-order chi connectivity index (χ0) is 16.9. The van der Waals surface area contributed by atoms with Crippen molar-refractivity contribution >= 4 is 0 Å². The van der Waals surface area contributed by atoms with Gasteiger partial charge in [-0.15, -0.1) is 0 Å². The van der Waals surface area contributed by atoms with Crippen molar-refractivity contribution in [1.82, 2.24) is 0 Å². The molecule has 0 amide bonds. The van der Waals surface area contributed by atoms with Crippen molar-refractivity contribution in [2.24, 2.45) is 0 Å². The third-order valence-electron chi connectivity index (χ3n) is 4.46. The molecule has 5 heteroatoms. The molecule has 0 aliphatic carbocycles. The fourth-order valence-corrected chi connectivity index (χ4v) is 2.70. The smallest absolute Gasteiger partial charge is 0.200 e. The van der Waals surface area contributed by atoms with Crippen LogP contribution in [0.5, 0.6) is 0 Å². The third-order valence-corrected chi connectivity index (χ3v) is 4.46. The van der Waals surface area contributed by atoms with Gasteiger partial charge in [0.2, 0.25) is 5.82 Å². The van der Waals surface area contributed by atoms with E-state index in [1.54, 1.807) is 27.7 Å². The highest BCUT2D eigenvalue weighted by atomic mass is 19.2. The molecule has 0 atom stereocenters. The van der Waals surface area contributed by atoms with Crippen LogP contribution in [0.2, 0.25) is 0 Å². The summed E-state index contributed by atoms with van der Waals surface area (Å²) in [6.07, 6.45) is 0. The van der Waals surface area contributed by atoms with Crippen LogP contribution in [0.15, 0.2) is 0 Å². The van der Waals surface area contributed by atoms with Gasteiger partial charge in [-0.25, -0.2) is 22.0 Å². The van der Waals surface area contributed by atoms with Crippen molar-refractivity contribution < 1.29 is 22.0 Å². The molecule has 0 aromatic heterocycles.